The van der Waals surface area contributed by atoms with Crippen LogP contribution in [0.25, 0.3) is 11.0 Å². The van der Waals surface area contributed by atoms with E-state index in [1.54, 1.807) is 18.4 Å². The van der Waals surface area contributed by atoms with Crippen LogP contribution in [-0.2, 0) is 5.88 Å². The third-order valence-electron chi connectivity index (χ3n) is 3.47. The van der Waals surface area contributed by atoms with Gasteiger partial charge in [-0.1, -0.05) is 0 Å². The van der Waals surface area contributed by atoms with E-state index in [2.05, 4.69) is 28.4 Å². The number of hydrogen-bond donors (Lipinski definition) is 0. The van der Waals surface area contributed by atoms with Crippen LogP contribution in [0.15, 0.2) is 24.4 Å². The molecule has 3 rings (SSSR count). The summed E-state index contributed by atoms with van der Waals surface area (Å²) in [6.45, 7) is 4.18. The van der Waals surface area contributed by atoms with Gasteiger partial charge in [-0.05, 0) is 26.0 Å². The zero-order valence-electron chi connectivity index (χ0n) is 12.1. The molecule has 110 valence electrons. The molecule has 0 amide bonds. The van der Waals surface area contributed by atoms with E-state index >= 15 is 0 Å². The number of aromatic nitrogens is 3. The molecule has 0 N–H and O–H groups in total. The molecule has 2 aromatic heterocycles. The molecule has 4 nitrogen and oxygen atoms in total. The van der Waals surface area contributed by atoms with Crippen LogP contribution in [0.5, 0.6) is 5.75 Å². The number of imidazole rings is 1. The quantitative estimate of drug-likeness (QED) is 0.677. The molecular weight excluding hydrogens is 306 g/mol. The van der Waals surface area contributed by atoms with Crippen molar-refractivity contribution in [1.29, 1.82) is 0 Å². The Morgan fingerprint density at radius 1 is 1.43 bits per heavy atom. The van der Waals surface area contributed by atoms with Gasteiger partial charge < -0.3 is 9.30 Å². The number of benzene rings is 1. The van der Waals surface area contributed by atoms with Crippen molar-refractivity contribution in [2.45, 2.75) is 25.8 Å². The van der Waals surface area contributed by atoms with E-state index in [0.29, 0.717) is 5.88 Å². The highest BCUT2D eigenvalue weighted by atomic mass is 35.5. The third kappa shape index (κ3) is 2.51. The number of alkyl halides is 1. The zero-order chi connectivity index (χ0) is 15.0. The van der Waals surface area contributed by atoms with E-state index in [-0.39, 0.29) is 6.04 Å². The first-order chi connectivity index (χ1) is 10.1. The third-order valence-corrected chi connectivity index (χ3v) is 4.80. The Morgan fingerprint density at radius 2 is 2.24 bits per heavy atom. The summed E-state index contributed by atoms with van der Waals surface area (Å²) < 4.78 is 7.46. The Hall–Kier alpha value is -1.59. The first-order valence-corrected chi connectivity index (χ1v) is 8.02. The number of halogens is 1. The minimum Gasteiger partial charge on any atom is -0.497 e. The van der Waals surface area contributed by atoms with Gasteiger partial charge in [-0.15, -0.1) is 22.9 Å². The van der Waals surface area contributed by atoms with Crippen LogP contribution in [0, 0.1) is 6.92 Å². The smallest absolute Gasteiger partial charge is 0.125 e. The van der Waals surface area contributed by atoms with Crippen molar-refractivity contribution in [3.05, 3.63) is 40.1 Å². The van der Waals surface area contributed by atoms with E-state index in [1.807, 2.05) is 24.4 Å². The maximum atomic E-state index is 6.08. The Balaban J connectivity index is 2.18. The largest absolute Gasteiger partial charge is 0.497 e. The van der Waals surface area contributed by atoms with Gasteiger partial charge in [-0.25, -0.2) is 9.97 Å². The lowest BCUT2D eigenvalue weighted by Crippen LogP contribution is -2.09. The van der Waals surface area contributed by atoms with Crippen molar-refractivity contribution in [3.8, 4) is 5.75 Å². The molecule has 1 aromatic carbocycles. The molecule has 0 saturated carbocycles. The van der Waals surface area contributed by atoms with Gasteiger partial charge in [0.25, 0.3) is 0 Å². The predicted octanol–water partition coefficient (Wildman–Crippen LogP) is 4.16. The molecule has 0 aliphatic carbocycles. The van der Waals surface area contributed by atoms with Gasteiger partial charge in [-0.3, -0.25) is 0 Å². The first kappa shape index (κ1) is 14.4. The van der Waals surface area contributed by atoms with Crippen molar-refractivity contribution in [2.24, 2.45) is 0 Å². The number of rotatable bonds is 4. The Labute approximate surface area is 132 Å². The predicted molar refractivity (Wildman–Crippen MR) is 86.5 cm³/mol. The maximum Gasteiger partial charge on any atom is 0.125 e. The first-order valence-electron chi connectivity index (χ1n) is 6.67. The molecule has 0 fully saturated rings. The molecular formula is C15H16ClN3OS. The molecule has 0 radical (unpaired) electrons. The minimum atomic E-state index is 0.0922. The summed E-state index contributed by atoms with van der Waals surface area (Å²) in [5.74, 6) is 2.03. The molecule has 0 aliphatic rings. The number of hydrogen-bond acceptors (Lipinski definition) is 4. The lowest BCUT2D eigenvalue weighted by Gasteiger charge is -2.15. The highest BCUT2D eigenvalue weighted by Gasteiger charge is 2.19. The Kier molecular flexibility index (Phi) is 3.87. The van der Waals surface area contributed by atoms with Crippen LogP contribution < -0.4 is 4.74 Å². The average molecular weight is 322 g/mol. The van der Waals surface area contributed by atoms with E-state index < -0.39 is 0 Å². The molecule has 1 unspecified atom stereocenters. The highest BCUT2D eigenvalue weighted by molar-refractivity contribution is 7.11. The van der Waals surface area contributed by atoms with Gasteiger partial charge in [-0.2, -0.15) is 0 Å². The molecule has 0 bridgehead atoms. The summed E-state index contributed by atoms with van der Waals surface area (Å²) in [5, 5.41) is 1.06. The molecule has 21 heavy (non-hydrogen) atoms. The Morgan fingerprint density at radius 3 is 2.86 bits per heavy atom. The van der Waals surface area contributed by atoms with Gasteiger partial charge in [0.2, 0.25) is 0 Å². The van der Waals surface area contributed by atoms with Crippen LogP contribution in [0.2, 0.25) is 0 Å². The summed E-state index contributed by atoms with van der Waals surface area (Å²) in [6.07, 6.45) is 1.90. The van der Waals surface area contributed by atoms with Crippen LogP contribution in [-0.4, -0.2) is 21.6 Å². The number of methoxy groups -OCH3 is 1. The number of thiazole rings is 1. The molecule has 0 aliphatic heterocycles. The Bertz CT molecular complexity index is 780. The lowest BCUT2D eigenvalue weighted by molar-refractivity contribution is 0.415. The summed E-state index contributed by atoms with van der Waals surface area (Å²) in [7, 11) is 1.66. The fourth-order valence-electron chi connectivity index (χ4n) is 2.45. The van der Waals surface area contributed by atoms with Crippen LogP contribution >= 0.6 is 22.9 Å². The molecule has 2 heterocycles. The van der Waals surface area contributed by atoms with Crippen molar-refractivity contribution >= 4 is 34.0 Å². The van der Waals surface area contributed by atoms with Gasteiger partial charge in [0, 0.05) is 17.1 Å². The van der Waals surface area contributed by atoms with E-state index in [4.69, 9.17) is 16.3 Å². The maximum absolute atomic E-state index is 6.08. The van der Waals surface area contributed by atoms with Crippen molar-refractivity contribution < 1.29 is 4.74 Å². The standard InChI is InChI=1S/C15H16ClN3OS/c1-9-8-17-15(21-9)10(2)19-13-6-11(20-3)4-5-12(13)18-14(19)7-16/h4-6,8,10H,7H2,1-3H3. The van der Waals surface area contributed by atoms with Gasteiger partial charge in [0.1, 0.15) is 16.6 Å². The monoisotopic (exact) mass is 321 g/mol. The molecule has 3 aromatic rings. The second kappa shape index (κ2) is 5.66. The summed E-state index contributed by atoms with van der Waals surface area (Å²) >= 11 is 7.78. The molecule has 6 heteroatoms. The van der Waals surface area contributed by atoms with Gasteiger partial charge >= 0.3 is 0 Å². The second-order valence-electron chi connectivity index (χ2n) is 4.87. The molecule has 0 spiro atoms. The average Bonchev–Trinajstić information content (AvgIpc) is 3.08. The van der Waals surface area contributed by atoms with Crippen LogP contribution in [0.3, 0.4) is 0 Å². The van der Waals surface area contributed by atoms with Crippen molar-refractivity contribution in [1.82, 2.24) is 14.5 Å². The number of nitrogens with zero attached hydrogens (tertiary/aromatic N) is 3. The van der Waals surface area contributed by atoms with E-state index in [9.17, 15) is 0 Å². The zero-order valence-corrected chi connectivity index (χ0v) is 13.7. The lowest BCUT2D eigenvalue weighted by atomic mass is 10.2. The van der Waals surface area contributed by atoms with Crippen LogP contribution in [0.1, 0.15) is 28.7 Å². The molecule has 0 saturated heterocycles. The molecule has 1 atom stereocenters. The number of ether oxygens (including phenoxy) is 1. The van der Waals surface area contributed by atoms with Gasteiger partial charge in [0.05, 0.1) is 30.1 Å². The fourth-order valence-corrected chi connectivity index (χ4v) is 3.46. The topological polar surface area (TPSA) is 39.9 Å². The summed E-state index contributed by atoms with van der Waals surface area (Å²) in [5.41, 5.74) is 1.94. The van der Waals surface area contributed by atoms with E-state index in [1.165, 1.54) is 4.88 Å². The fraction of sp³-hybridized carbons (Fsp3) is 0.333. The second-order valence-corrected chi connectivity index (χ2v) is 6.41. The SMILES string of the molecule is COc1ccc2nc(CCl)n(C(C)c3ncc(C)s3)c2c1. The number of aryl methyl sites for hydroxylation is 1. The minimum absolute atomic E-state index is 0.0922. The van der Waals surface area contributed by atoms with E-state index in [0.717, 1.165) is 27.6 Å². The highest BCUT2D eigenvalue weighted by Crippen LogP contribution is 2.30. The summed E-state index contributed by atoms with van der Waals surface area (Å²) in [4.78, 5) is 10.3. The normalized spacial score (nSPS) is 12.8. The van der Waals surface area contributed by atoms with Crippen LogP contribution in [0.4, 0.5) is 0 Å². The van der Waals surface area contributed by atoms with Gasteiger partial charge in [0.15, 0.2) is 0 Å². The number of fused-ring (bicyclic) bond motifs is 1. The van der Waals surface area contributed by atoms with Crippen molar-refractivity contribution in [2.75, 3.05) is 7.11 Å². The van der Waals surface area contributed by atoms with Crippen molar-refractivity contribution in [3.63, 3.8) is 0 Å². The summed E-state index contributed by atoms with van der Waals surface area (Å²) in [6, 6.07) is 5.96.